The number of hydrogen-bond acceptors (Lipinski definition) is 4. The van der Waals surface area contributed by atoms with Crippen LogP contribution in [0.3, 0.4) is 0 Å². The number of hydrogen-bond donors (Lipinski definition) is 1. The minimum atomic E-state index is -3.54. The SMILES string of the molecule is CC(C)CCN1C(=O)C(C)(C)COc2ccc(NS(=O)(=O)CCc3ccccc3)cc21. The molecule has 0 spiro atoms. The highest BCUT2D eigenvalue weighted by Gasteiger charge is 2.37. The van der Waals surface area contributed by atoms with Crippen molar-refractivity contribution in [3.05, 3.63) is 54.1 Å². The lowest BCUT2D eigenvalue weighted by atomic mass is 9.92. The van der Waals surface area contributed by atoms with Gasteiger partial charge < -0.3 is 9.64 Å². The summed E-state index contributed by atoms with van der Waals surface area (Å²) in [6.45, 7) is 8.80. The topological polar surface area (TPSA) is 75.7 Å². The molecule has 0 radical (unpaired) electrons. The number of benzene rings is 2. The first-order valence-electron chi connectivity index (χ1n) is 10.7. The monoisotopic (exact) mass is 444 g/mol. The number of nitrogens with zero attached hydrogens (tertiary/aromatic N) is 1. The van der Waals surface area contributed by atoms with Crippen LogP contribution in [-0.2, 0) is 21.2 Å². The summed E-state index contributed by atoms with van der Waals surface area (Å²) in [7, 11) is -3.54. The standard InChI is InChI=1S/C24H32N2O4S/c1-18(2)12-14-26-21-16-20(10-11-22(21)30-17-24(3,4)23(26)27)25-31(28,29)15-13-19-8-6-5-7-9-19/h5-11,16,18,25H,12-15,17H2,1-4H3. The van der Waals surface area contributed by atoms with Crippen LogP contribution in [0.5, 0.6) is 5.75 Å². The Morgan fingerprint density at radius 1 is 1.13 bits per heavy atom. The van der Waals surface area contributed by atoms with Crippen molar-refractivity contribution in [2.45, 2.75) is 40.5 Å². The van der Waals surface area contributed by atoms with Gasteiger partial charge in [-0.25, -0.2) is 8.42 Å². The van der Waals surface area contributed by atoms with Crippen molar-refractivity contribution < 1.29 is 17.9 Å². The number of amides is 1. The van der Waals surface area contributed by atoms with Crippen LogP contribution in [0.15, 0.2) is 48.5 Å². The summed E-state index contributed by atoms with van der Waals surface area (Å²) in [5, 5.41) is 0. The molecule has 0 aliphatic carbocycles. The van der Waals surface area contributed by atoms with E-state index in [2.05, 4.69) is 18.6 Å². The Balaban J connectivity index is 1.83. The Labute approximate surface area is 185 Å². The molecule has 0 aromatic heterocycles. The zero-order valence-corrected chi connectivity index (χ0v) is 19.5. The van der Waals surface area contributed by atoms with Crippen LogP contribution in [-0.4, -0.2) is 33.2 Å². The summed E-state index contributed by atoms with van der Waals surface area (Å²) in [4.78, 5) is 14.9. The smallest absolute Gasteiger partial charge is 0.236 e. The predicted molar refractivity (Wildman–Crippen MR) is 125 cm³/mol. The van der Waals surface area contributed by atoms with E-state index in [1.54, 1.807) is 23.1 Å². The Morgan fingerprint density at radius 3 is 2.52 bits per heavy atom. The van der Waals surface area contributed by atoms with Gasteiger partial charge in [0, 0.05) is 6.54 Å². The predicted octanol–water partition coefficient (Wildman–Crippen LogP) is 4.47. The molecule has 1 heterocycles. The van der Waals surface area contributed by atoms with E-state index >= 15 is 0 Å². The maximum atomic E-state index is 13.2. The summed E-state index contributed by atoms with van der Waals surface area (Å²) in [6.07, 6.45) is 1.27. The second kappa shape index (κ2) is 9.30. The lowest BCUT2D eigenvalue weighted by Gasteiger charge is -2.28. The van der Waals surface area contributed by atoms with Gasteiger partial charge in [-0.05, 0) is 56.4 Å². The third kappa shape index (κ3) is 6.00. The molecular weight excluding hydrogens is 412 g/mol. The largest absolute Gasteiger partial charge is 0.490 e. The average Bonchev–Trinajstić information content (AvgIpc) is 2.80. The lowest BCUT2D eigenvalue weighted by Crippen LogP contribution is -2.42. The summed E-state index contributed by atoms with van der Waals surface area (Å²) in [6, 6.07) is 14.6. The van der Waals surface area contributed by atoms with E-state index in [1.807, 2.05) is 44.2 Å². The number of sulfonamides is 1. The molecule has 0 atom stereocenters. The van der Waals surface area contributed by atoms with Gasteiger partial charge >= 0.3 is 0 Å². The number of carbonyl (C=O) groups is 1. The number of fused-ring (bicyclic) bond motifs is 1. The van der Waals surface area contributed by atoms with Crippen LogP contribution >= 0.6 is 0 Å². The van der Waals surface area contributed by atoms with Crippen LogP contribution in [0.4, 0.5) is 11.4 Å². The second-order valence-corrected chi connectivity index (χ2v) is 11.0. The van der Waals surface area contributed by atoms with Crippen LogP contribution in [0.2, 0.25) is 0 Å². The fourth-order valence-corrected chi connectivity index (χ4v) is 4.54. The third-order valence-electron chi connectivity index (χ3n) is 5.37. The minimum Gasteiger partial charge on any atom is -0.490 e. The van der Waals surface area contributed by atoms with Gasteiger partial charge in [-0.1, -0.05) is 44.2 Å². The Hall–Kier alpha value is -2.54. The molecule has 31 heavy (non-hydrogen) atoms. The summed E-state index contributed by atoms with van der Waals surface area (Å²) in [5.74, 6) is 0.988. The molecule has 0 bridgehead atoms. The van der Waals surface area contributed by atoms with E-state index in [-0.39, 0.29) is 18.3 Å². The Morgan fingerprint density at radius 2 is 1.84 bits per heavy atom. The van der Waals surface area contributed by atoms with E-state index in [9.17, 15) is 13.2 Å². The van der Waals surface area contributed by atoms with E-state index < -0.39 is 15.4 Å². The van der Waals surface area contributed by atoms with Gasteiger partial charge in [0.1, 0.15) is 12.4 Å². The number of nitrogens with one attached hydrogen (secondary N) is 1. The van der Waals surface area contributed by atoms with Crippen molar-refractivity contribution in [2.75, 3.05) is 28.5 Å². The van der Waals surface area contributed by atoms with E-state index in [1.165, 1.54) is 0 Å². The van der Waals surface area contributed by atoms with Crippen LogP contribution in [0.1, 0.15) is 39.7 Å². The van der Waals surface area contributed by atoms with Crippen molar-refractivity contribution in [3.63, 3.8) is 0 Å². The Bertz CT molecular complexity index is 1020. The van der Waals surface area contributed by atoms with Crippen molar-refractivity contribution in [1.29, 1.82) is 0 Å². The van der Waals surface area contributed by atoms with E-state index in [4.69, 9.17) is 4.74 Å². The van der Waals surface area contributed by atoms with Gasteiger partial charge in [-0.2, -0.15) is 0 Å². The van der Waals surface area contributed by atoms with Crippen LogP contribution < -0.4 is 14.4 Å². The Kier molecular flexibility index (Phi) is 6.94. The first kappa shape index (κ1) is 23.1. The first-order valence-corrected chi connectivity index (χ1v) is 12.4. The highest BCUT2D eigenvalue weighted by atomic mass is 32.2. The molecule has 2 aromatic rings. The van der Waals surface area contributed by atoms with Crippen molar-refractivity contribution in [3.8, 4) is 5.75 Å². The number of carbonyl (C=O) groups excluding carboxylic acids is 1. The van der Waals surface area contributed by atoms with Gasteiger partial charge in [-0.3, -0.25) is 9.52 Å². The van der Waals surface area contributed by atoms with Gasteiger partial charge in [0.05, 0.1) is 22.5 Å². The summed E-state index contributed by atoms with van der Waals surface area (Å²) in [5.41, 5.74) is 1.35. The molecule has 0 unspecified atom stereocenters. The first-order chi connectivity index (χ1) is 14.6. The molecule has 3 rings (SSSR count). The molecule has 6 nitrogen and oxygen atoms in total. The van der Waals surface area contributed by atoms with Crippen molar-refractivity contribution in [2.24, 2.45) is 11.3 Å². The number of ether oxygens (including phenoxy) is 1. The van der Waals surface area contributed by atoms with E-state index in [0.29, 0.717) is 36.0 Å². The van der Waals surface area contributed by atoms with Gasteiger partial charge in [-0.15, -0.1) is 0 Å². The minimum absolute atomic E-state index is 0.0176. The highest BCUT2D eigenvalue weighted by molar-refractivity contribution is 7.92. The maximum Gasteiger partial charge on any atom is 0.236 e. The molecule has 0 saturated heterocycles. The van der Waals surface area contributed by atoms with Gasteiger partial charge in [0.15, 0.2) is 0 Å². The lowest BCUT2D eigenvalue weighted by molar-refractivity contribution is -0.127. The van der Waals surface area contributed by atoms with Crippen LogP contribution in [0.25, 0.3) is 0 Å². The average molecular weight is 445 g/mol. The second-order valence-electron chi connectivity index (χ2n) is 9.15. The van der Waals surface area contributed by atoms with Gasteiger partial charge in [0.25, 0.3) is 0 Å². The summed E-state index contributed by atoms with van der Waals surface area (Å²) >= 11 is 0. The molecule has 1 aliphatic rings. The molecule has 1 N–H and O–H groups in total. The molecule has 0 fully saturated rings. The van der Waals surface area contributed by atoms with Crippen molar-refractivity contribution >= 4 is 27.3 Å². The molecule has 1 aliphatic heterocycles. The number of rotatable bonds is 8. The quantitative estimate of drug-likeness (QED) is 0.652. The zero-order valence-electron chi connectivity index (χ0n) is 18.7. The van der Waals surface area contributed by atoms with Crippen molar-refractivity contribution in [1.82, 2.24) is 0 Å². The molecule has 2 aromatic carbocycles. The molecule has 7 heteroatoms. The summed E-state index contributed by atoms with van der Waals surface area (Å²) < 4.78 is 33.9. The fourth-order valence-electron chi connectivity index (χ4n) is 3.45. The maximum absolute atomic E-state index is 13.2. The van der Waals surface area contributed by atoms with E-state index in [0.717, 1.165) is 12.0 Å². The molecule has 0 saturated carbocycles. The molecule has 168 valence electrons. The third-order valence-corrected chi connectivity index (χ3v) is 6.66. The molecule has 1 amide bonds. The molecular formula is C24H32N2O4S. The van der Waals surface area contributed by atoms with Gasteiger partial charge in [0.2, 0.25) is 15.9 Å². The zero-order chi connectivity index (χ0) is 22.6. The number of aryl methyl sites for hydroxylation is 1. The fraction of sp³-hybridized carbons (Fsp3) is 0.458. The normalized spacial score (nSPS) is 15.9. The highest BCUT2D eigenvalue weighted by Crippen LogP contribution is 2.38. The van der Waals surface area contributed by atoms with Crippen LogP contribution in [0, 0.1) is 11.3 Å². The number of anilines is 2.